The highest BCUT2D eigenvalue weighted by Gasteiger charge is 2.24. The molecule has 2 fully saturated rings. The molecule has 3 N–H and O–H groups in total. The van der Waals surface area contributed by atoms with Crippen molar-refractivity contribution in [1.82, 2.24) is 20.6 Å². The molecule has 6 heteroatoms. The van der Waals surface area contributed by atoms with Crippen molar-refractivity contribution in [2.75, 3.05) is 6.61 Å². The summed E-state index contributed by atoms with van der Waals surface area (Å²) in [6.45, 7) is 0.691. The molecule has 2 atom stereocenters. The molecule has 0 aromatic carbocycles. The lowest BCUT2D eigenvalue weighted by molar-refractivity contribution is -0.00231. The Kier molecular flexibility index (Phi) is 5.08. The molecule has 1 aliphatic heterocycles. The van der Waals surface area contributed by atoms with E-state index in [0.717, 1.165) is 23.6 Å². The fourth-order valence-corrected chi connectivity index (χ4v) is 3.55. The van der Waals surface area contributed by atoms with Crippen molar-refractivity contribution in [3.05, 3.63) is 18.2 Å². The summed E-state index contributed by atoms with van der Waals surface area (Å²) in [7, 11) is 0. The van der Waals surface area contributed by atoms with Crippen molar-refractivity contribution >= 4 is 17.3 Å². The van der Waals surface area contributed by atoms with E-state index >= 15 is 0 Å². The first-order chi connectivity index (χ1) is 10.3. The number of aromatic nitrogens is 2. The van der Waals surface area contributed by atoms with Gasteiger partial charge < -0.3 is 20.4 Å². The standard InChI is InChI=1S/C15H24N4OS/c21-15(18-11-4-2-1-3-5-11)19-12-6-7-14(20-9-12)13-8-16-10-17-13/h8,10-12,14H,1-7,9H2,(H,16,17)(H2,18,19,21)/t12-,14+/m0/s1. The number of nitrogens with zero attached hydrogens (tertiary/aromatic N) is 1. The number of aromatic amines is 1. The lowest BCUT2D eigenvalue weighted by atomic mass is 9.96. The Labute approximate surface area is 131 Å². The van der Waals surface area contributed by atoms with Gasteiger partial charge in [0.25, 0.3) is 0 Å². The lowest BCUT2D eigenvalue weighted by Gasteiger charge is -2.31. The molecule has 3 rings (SSSR count). The van der Waals surface area contributed by atoms with Crippen LogP contribution >= 0.6 is 12.2 Å². The van der Waals surface area contributed by atoms with Crippen molar-refractivity contribution in [3.63, 3.8) is 0 Å². The molecule has 1 aliphatic carbocycles. The number of imidazole rings is 1. The van der Waals surface area contributed by atoms with Crippen LogP contribution in [0.4, 0.5) is 0 Å². The fourth-order valence-electron chi connectivity index (χ4n) is 3.21. The van der Waals surface area contributed by atoms with Crippen LogP contribution in [0.1, 0.15) is 56.7 Å². The molecule has 0 amide bonds. The highest BCUT2D eigenvalue weighted by atomic mass is 32.1. The minimum absolute atomic E-state index is 0.144. The van der Waals surface area contributed by atoms with Crippen LogP contribution in [0.2, 0.25) is 0 Å². The average molecular weight is 308 g/mol. The normalized spacial score (nSPS) is 27.2. The number of hydrogen-bond donors (Lipinski definition) is 3. The van der Waals surface area contributed by atoms with Crippen LogP contribution in [0.25, 0.3) is 0 Å². The molecule has 2 heterocycles. The lowest BCUT2D eigenvalue weighted by Crippen LogP contribution is -2.49. The highest BCUT2D eigenvalue weighted by molar-refractivity contribution is 7.80. The molecule has 2 aliphatic rings. The summed E-state index contributed by atoms with van der Waals surface area (Å²) < 4.78 is 5.90. The van der Waals surface area contributed by atoms with E-state index in [1.807, 2.05) is 6.20 Å². The quantitative estimate of drug-likeness (QED) is 0.749. The molecule has 0 radical (unpaired) electrons. The number of rotatable bonds is 3. The van der Waals surface area contributed by atoms with E-state index in [1.165, 1.54) is 32.1 Å². The number of H-pyrrole nitrogens is 1. The second kappa shape index (κ2) is 7.22. The molecular formula is C15H24N4OS. The Bertz CT molecular complexity index is 437. The maximum atomic E-state index is 5.90. The minimum atomic E-state index is 0.144. The maximum Gasteiger partial charge on any atom is 0.166 e. The molecule has 21 heavy (non-hydrogen) atoms. The number of nitrogens with one attached hydrogen (secondary N) is 3. The number of ether oxygens (including phenoxy) is 1. The largest absolute Gasteiger partial charge is 0.370 e. The molecule has 1 aromatic rings. The van der Waals surface area contributed by atoms with Crippen LogP contribution in [-0.2, 0) is 4.74 Å². The minimum Gasteiger partial charge on any atom is -0.370 e. The fraction of sp³-hybridized carbons (Fsp3) is 0.733. The average Bonchev–Trinajstić information content (AvgIpc) is 3.03. The third-order valence-electron chi connectivity index (χ3n) is 4.42. The van der Waals surface area contributed by atoms with Crippen molar-refractivity contribution in [2.24, 2.45) is 0 Å². The van der Waals surface area contributed by atoms with Crippen LogP contribution in [0.5, 0.6) is 0 Å². The molecule has 116 valence electrons. The highest BCUT2D eigenvalue weighted by Crippen LogP contribution is 2.26. The first-order valence-corrected chi connectivity index (χ1v) is 8.39. The maximum absolute atomic E-state index is 5.90. The molecule has 5 nitrogen and oxygen atoms in total. The van der Waals surface area contributed by atoms with Gasteiger partial charge in [-0.3, -0.25) is 0 Å². The van der Waals surface area contributed by atoms with Crippen LogP contribution in [0.15, 0.2) is 12.5 Å². The Balaban J connectivity index is 1.39. The van der Waals surface area contributed by atoms with E-state index in [0.29, 0.717) is 18.7 Å². The first kappa shape index (κ1) is 14.8. The van der Waals surface area contributed by atoms with Gasteiger partial charge in [0.15, 0.2) is 5.11 Å². The van der Waals surface area contributed by atoms with Gasteiger partial charge in [0.05, 0.1) is 37.0 Å². The summed E-state index contributed by atoms with van der Waals surface area (Å²) in [5.41, 5.74) is 1.07. The zero-order valence-corrected chi connectivity index (χ0v) is 13.1. The van der Waals surface area contributed by atoms with Crippen LogP contribution < -0.4 is 10.6 Å². The number of hydrogen-bond acceptors (Lipinski definition) is 3. The Morgan fingerprint density at radius 1 is 1.14 bits per heavy atom. The van der Waals surface area contributed by atoms with Gasteiger partial charge in [0.2, 0.25) is 0 Å². The van der Waals surface area contributed by atoms with Crippen molar-refractivity contribution < 1.29 is 4.74 Å². The summed E-state index contributed by atoms with van der Waals surface area (Å²) in [6, 6.07) is 0.869. The molecule has 1 saturated heterocycles. The summed E-state index contributed by atoms with van der Waals surface area (Å²) >= 11 is 5.43. The Morgan fingerprint density at radius 2 is 1.95 bits per heavy atom. The Morgan fingerprint density at radius 3 is 2.62 bits per heavy atom. The summed E-state index contributed by atoms with van der Waals surface area (Å²) in [4.78, 5) is 7.17. The zero-order chi connectivity index (χ0) is 14.5. The van der Waals surface area contributed by atoms with Gasteiger partial charge in [-0.25, -0.2) is 4.98 Å². The third-order valence-corrected chi connectivity index (χ3v) is 4.65. The zero-order valence-electron chi connectivity index (χ0n) is 12.3. The monoisotopic (exact) mass is 308 g/mol. The van der Waals surface area contributed by atoms with Crippen molar-refractivity contribution in [2.45, 2.75) is 63.1 Å². The predicted molar refractivity (Wildman–Crippen MR) is 86.0 cm³/mol. The number of thiocarbonyl (C=S) groups is 1. The molecular weight excluding hydrogens is 284 g/mol. The Hall–Kier alpha value is -1.14. The van der Waals surface area contributed by atoms with E-state index in [2.05, 4.69) is 20.6 Å². The predicted octanol–water partition coefficient (Wildman–Crippen LogP) is 2.43. The van der Waals surface area contributed by atoms with Gasteiger partial charge in [-0.1, -0.05) is 19.3 Å². The van der Waals surface area contributed by atoms with Gasteiger partial charge in [0, 0.05) is 6.04 Å². The van der Waals surface area contributed by atoms with Crippen LogP contribution in [-0.4, -0.2) is 33.8 Å². The summed E-state index contributed by atoms with van der Waals surface area (Å²) in [5.74, 6) is 0. The molecule has 0 spiro atoms. The smallest absolute Gasteiger partial charge is 0.166 e. The van der Waals surface area contributed by atoms with Crippen LogP contribution in [0.3, 0.4) is 0 Å². The van der Waals surface area contributed by atoms with E-state index in [4.69, 9.17) is 17.0 Å². The SMILES string of the molecule is S=C(NC1CCCCC1)N[C@H]1CC[C@H](c2cnc[nH]2)OC1. The van der Waals surface area contributed by atoms with E-state index in [-0.39, 0.29) is 6.10 Å². The van der Waals surface area contributed by atoms with Gasteiger partial charge in [-0.15, -0.1) is 0 Å². The van der Waals surface area contributed by atoms with E-state index in [9.17, 15) is 0 Å². The second-order valence-electron chi connectivity index (χ2n) is 6.06. The van der Waals surface area contributed by atoms with Crippen molar-refractivity contribution in [3.8, 4) is 0 Å². The van der Waals surface area contributed by atoms with E-state index < -0.39 is 0 Å². The second-order valence-corrected chi connectivity index (χ2v) is 6.46. The van der Waals surface area contributed by atoms with E-state index in [1.54, 1.807) is 6.33 Å². The van der Waals surface area contributed by atoms with Gasteiger partial charge in [0.1, 0.15) is 0 Å². The molecule has 0 unspecified atom stereocenters. The summed E-state index contributed by atoms with van der Waals surface area (Å²) in [5, 5.41) is 7.64. The third kappa shape index (κ3) is 4.17. The van der Waals surface area contributed by atoms with Crippen molar-refractivity contribution in [1.29, 1.82) is 0 Å². The molecule has 1 aromatic heterocycles. The van der Waals surface area contributed by atoms with Crippen LogP contribution in [0, 0.1) is 0 Å². The molecule has 0 bridgehead atoms. The van der Waals surface area contributed by atoms with Gasteiger partial charge in [-0.05, 0) is 37.9 Å². The topological polar surface area (TPSA) is 62.0 Å². The first-order valence-electron chi connectivity index (χ1n) is 7.98. The van der Waals surface area contributed by atoms with Gasteiger partial charge in [-0.2, -0.15) is 0 Å². The summed E-state index contributed by atoms with van der Waals surface area (Å²) in [6.07, 6.45) is 12.2. The van der Waals surface area contributed by atoms with Gasteiger partial charge >= 0.3 is 0 Å². The molecule has 1 saturated carbocycles.